The third kappa shape index (κ3) is 2.62. The van der Waals surface area contributed by atoms with Gasteiger partial charge in [-0.25, -0.2) is 8.57 Å². The summed E-state index contributed by atoms with van der Waals surface area (Å²) in [7, 11) is 0.0380. The van der Waals surface area contributed by atoms with Gasteiger partial charge in [0.15, 0.2) is 0 Å². The fraction of sp³-hybridized carbons (Fsp3) is 0.500. The molecule has 0 aliphatic carbocycles. The van der Waals surface area contributed by atoms with Crippen LogP contribution in [-0.4, -0.2) is 17.8 Å². The van der Waals surface area contributed by atoms with Gasteiger partial charge < -0.3 is 5.32 Å². The van der Waals surface area contributed by atoms with Crippen LogP contribution < -0.4 is 5.32 Å². The summed E-state index contributed by atoms with van der Waals surface area (Å²) < 4.78 is 15.4. The Labute approximate surface area is 98.5 Å². The number of piperidine rings is 1. The van der Waals surface area contributed by atoms with E-state index in [0.29, 0.717) is 6.04 Å². The van der Waals surface area contributed by atoms with E-state index in [-0.39, 0.29) is 0 Å². The van der Waals surface area contributed by atoms with Gasteiger partial charge in [0.25, 0.3) is 0 Å². The second kappa shape index (κ2) is 5.46. The maximum absolute atomic E-state index is 11.6. The molecule has 1 aliphatic heterocycles. The molecule has 2 atom stereocenters. The fourth-order valence-corrected chi connectivity index (χ4v) is 2.82. The van der Waals surface area contributed by atoms with E-state index >= 15 is 0 Å². The molecule has 0 saturated carbocycles. The Bertz CT molecular complexity index is 432. The summed E-state index contributed by atoms with van der Waals surface area (Å²) in [6.07, 6.45) is 3.70. The lowest BCUT2D eigenvalue weighted by molar-refractivity contribution is 0.412. The zero-order valence-corrected chi connectivity index (χ0v) is 10.4. The highest BCUT2D eigenvalue weighted by Gasteiger charge is 2.14. The van der Waals surface area contributed by atoms with Gasteiger partial charge in [-0.3, -0.25) is 0 Å². The molecule has 4 heteroatoms. The van der Waals surface area contributed by atoms with Crippen molar-refractivity contribution in [3.8, 4) is 0 Å². The molecule has 0 aromatic heterocycles. The van der Waals surface area contributed by atoms with Crippen molar-refractivity contribution in [3.05, 3.63) is 29.8 Å². The lowest BCUT2D eigenvalue weighted by Crippen LogP contribution is -2.26. The average molecular weight is 238 g/mol. The molecule has 0 radical (unpaired) electrons. The van der Waals surface area contributed by atoms with Crippen molar-refractivity contribution in [1.82, 2.24) is 5.32 Å². The predicted octanol–water partition coefficient (Wildman–Crippen LogP) is 2.15. The summed E-state index contributed by atoms with van der Waals surface area (Å²) in [5, 5.41) is 3.49. The second-order valence-corrected chi connectivity index (χ2v) is 5.53. The van der Waals surface area contributed by atoms with Crippen molar-refractivity contribution in [2.45, 2.75) is 30.2 Å². The Kier molecular flexibility index (Phi) is 3.96. The highest BCUT2D eigenvalue weighted by atomic mass is 32.2. The molecule has 1 N–H and O–H groups in total. The first kappa shape index (κ1) is 11.6. The molecule has 1 aromatic carbocycles. The summed E-state index contributed by atoms with van der Waals surface area (Å²) in [5.41, 5.74) is 1.24. The highest BCUT2D eigenvalue weighted by Crippen LogP contribution is 2.23. The SMILES string of the molecule is C/N=[SH](=O)/c1cccc(C2CCCCN2)c1. The minimum Gasteiger partial charge on any atom is -0.310 e. The van der Waals surface area contributed by atoms with Gasteiger partial charge in [-0.05, 0) is 37.1 Å². The maximum Gasteiger partial charge on any atom is 0.0639 e. The zero-order valence-electron chi connectivity index (χ0n) is 9.52. The van der Waals surface area contributed by atoms with Gasteiger partial charge in [0.2, 0.25) is 0 Å². The van der Waals surface area contributed by atoms with Gasteiger partial charge in [-0.1, -0.05) is 18.6 Å². The van der Waals surface area contributed by atoms with Crippen LogP contribution in [0.1, 0.15) is 30.9 Å². The van der Waals surface area contributed by atoms with E-state index in [0.717, 1.165) is 11.4 Å². The lowest BCUT2D eigenvalue weighted by Gasteiger charge is -2.23. The van der Waals surface area contributed by atoms with E-state index < -0.39 is 10.6 Å². The maximum atomic E-state index is 11.6. The topological polar surface area (TPSA) is 41.5 Å². The highest BCUT2D eigenvalue weighted by molar-refractivity contribution is 7.75. The Balaban J connectivity index is 2.24. The van der Waals surface area contributed by atoms with Crippen LogP contribution >= 0.6 is 0 Å². The third-order valence-electron chi connectivity index (χ3n) is 2.99. The van der Waals surface area contributed by atoms with Crippen LogP contribution in [0.3, 0.4) is 0 Å². The molecule has 88 valence electrons. The molecule has 2 unspecified atom stereocenters. The molecular formula is C12H18N2OS. The van der Waals surface area contributed by atoms with Gasteiger partial charge in [-0.2, -0.15) is 0 Å². The van der Waals surface area contributed by atoms with Crippen LogP contribution in [0, 0.1) is 0 Å². The minimum absolute atomic E-state index is 0.425. The van der Waals surface area contributed by atoms with Crippen molar-refractivity contribution in [1.29, 1.82) is 0 Å². The third-order valence-corrected chi connectivity index (χ3v) is 4.07. The van der Waals surface area contributed by atoms with Gasteiger partial charge in [-0.15, -0.1) is 0 Å². The van der Waals surface area contributed by atoms with Crippen LogP contribution in [0.4, 0.5) is 0 Å². The Hall–Kier alpha value is -0.870. The summed E-state index contributed by atoms with van der Waals surface area (Å²) in [6.45, 7) is 1.08. The first-order valence-electron chi connectivity index (χ1n) is 5.71. The Morgan fingerprint density at radius 2 is 2.31 bits per heavy atom. The fourth-order valence-electron chi connectivity index (χ4n) is 2.11. The normalized spacial score (nSPS) is 23.2. The molecular weight excluding hydrogens is 220 g/mol. The molecule has 1 saturated heterocycles. The number of benzene rings is 1. The summed E-state index contributed by atoms with van der Waals surface area (Å²) >= 11 is 0. The molecule has 16 heavy (non-hydrogen) atoms. The molecule has 3 nitrogen and oxygen atoms in total. The monoisotopic (exact) mass is 238 g/mol. The quantitative estimate of drug-likeness (QED) is 0.775. The van der Waals surface area contributed by atoms with Gasteiger partial charge in [0, 0.05) is 18.0 Å². The van der Waals surface area contributed by atoms with Crippen LogP contribution in [-0.2, 0) is 10.6 Å². The smallest absolute Gasteiger partial charge is 0.0639 e. The molecule has 1 heterocycles. The number of nitrogens with one attached hydrogen (secondary N) is 1. The van der Waals surface area contributed by atoms with Crippen molar-refractivity contribution in [2.75, 3.05) is 13.6 Å². The molecule has 2 rings (SSSR count). The van der Waals surface area contributed by atoms with Crippen molar-refractivity contribution >= 4 is 10.6 Å². The number of nitrogens with zero attached hydrogens (tertiary/aromatic N) is 1. The van der Waals surface area contributed by atoms with Crippen molar-refractivity contribution < 1.29 is 4.21 Å². The number of thiol groups is 1. The van der Waals surface area contributed by atoms with Crippen LogP contribution in [0.25, 0.3) is 0 Å². The molecule has 0 spiro atoms. The first-order valence-corrected chi connectivity index (χ1v) is 6.93. The average Bonchev–Trinajstić information content (AvgIpc) is 2.39. The molecule has 1 aromatic rings. The number of hydrogen-bond acceptors (Lipinski definition) is 3. The van der Waals surface area contributed by atoms with Crippen molar-refractivity contribution in [3.63, 3.8) is 0 Å². The lowest BCUT2D eigenvalue weighted by atomic mass is 9.98. The number of hydrogen-bond donors (Lipinski definition) is 2. The molecule has 1 aliphatic rings. The molecule has 0 bridgehead atoms. The van der Waals surface area contributed by atoms with E-state index in [2.05, 4.69) is 15.7 Å². The van der Waals surface area contributed by atoms with Crippen LogP contribution in [0.15, 0.2) is 33.5 Å². The first-order chi connectivity index (χ1) is 7.81. The largest absolute Gasteiger partial charge is 0.310 e. The summed E-state index contributed by atoms with van der Waals surface area (Å²) in [5.74, 6) is 0. The Morgan fingerprint density at radius 1 is 1.44 bits per heavy atom. The zero-order chi connectivity index (χ0) is 11.4. The minimum atomic E-state index is -1.56. The van der Waals surface area contributed by atoms with Gasteiger partial charge in [0.1, 0.15) is 0 Å². The van der Waals surface area contributed by atoms with E-state index in [1.807, 2.05) is 18.2 Å². The number of rotatable bonds is 2. The Morgan fingerprint density at radius 3 is 3.00 bits per heavy atom. The predicted molar refractivity (Wildman–Crippen MR) is 67.2 cm³/mol. The summed E-state index contributed by atoms with van der Waals surface area (Å²) in [4.78, 5) is 0.836. The van der Waals surface area contributed by atoms with Gasteiger partial charge in [0.05, 0.1) is 10.6 Å². The molecule has 0 amide bonds. The van der Waals surface area contributed by atoms with E-state index in [4.69, 9.17) is 0 Å². The van der Waals surface area contributed by atoms with Crippen LogP contribution in [0.2, 0.25) is 0 Å². The van der Waals surface area contributed by atoms with E-state index in [1.165, 1.54) is 24.8 Å². The van der Waals surface area contributed by atoms with E-state index in [9.17, 15) is 4.21 Å². The standard InChI is InChI=1S/C12H18N2OS/c1-13-16(15)11-6-4-5-10(9-11)12-7-2-3-8-14-12/h4-6,9,12,14,16H,2-3,7-8H2,1H3. The van der Waals surface area contributed by atoms with Crippen molar-refractivity contribution in [2.24, 2.45) is 4.36 Å². The summed E-state index contributed by atoms with van der Waals surface area (Å²) in [6, 6.07) is 8.41. The second-order valence-electron chi connectivity index (χ2n) is 4.07. The van der Waals surface area contributed by atoms with E-state index in [1.54, 1.807) is 7.05 Å². The molecule has 1 fully saturated rings. The van der Waals surface area contributed by atoms with Gasteiger partial charge >= 0.3 is 0 Å². The van der Waals surface area contributed by atoms with Crippen LogP contribution in [0.5, 0.6) is 0 Å².